The Morgan fingerprint density at radius 2 is 1.79 bits per heavy atom. The molecule has 6 atom stereocenters. The molecule has 0 aromatic rings. The van der Waals surface area contributed by atoms with E-state index in [2.05, 4.69) is 53.0 Å². The van der Waals surface area contributed by atoms with Crippen molar-refractivity contribution >= 4 is 0 Å². The molecule has 0 aliphatic heterocycles. The van der Waals surface area contributed by atoms with Gasteiger partial charge in [-0.05, 0) is 99.4 Å². The van der Waals surface area contributed by atoms with Crippen LogP contribution in [0.3, 0.4) is 0 Å². The highest BCUT2D eigenvalue weighted by Crippen LogP contribution is 2.60. The average molecular weight is 457 g/mol. The SMILES string of the molecule is C=C1[C@H](O)CC(=C/C=C2\CCC[C@]3(C)[C@@H]([C@@H](C)C(=C)CCC(O)(CC)CC)CC[C@@H]23)C[C@H]1O. The summed E-state index contributed by atoms with van der Waals surface area (Å²) < 4.78 is 0. The van der Waals surface area contributed by atoms with Crippen LogP contribution in [0, 0.1) is 23.2 Å². The fourth-order valence-electron chi connectivity index (χ4n) is 7.04. The normalized spacial score (nSPS) is 34.9. The first kappa shape index (κ1) is 26.4. The fraction of sp³-hybridized carbons (Fsp3) is 0.733. The van der Waals surface area contributed by atoms with Gasteiger partial charge in [0.05, 0.1) is 17.8 Å². The van der Waals surface area contributed by atoms with Crippen LogP contribution in [0.5, 0.6) is 0 Å². The number of aliphatic hydroxyl groups is 3. The van der Waals surface area contributed by atoms with Gasteiger partial charge in [-0.2, -0.15) is 0 Å². The van der Waals surface area contributed by atoms with E-state index in [1.54, 1.807) is 5.57 Å². The maximum absolute atomic E-state index is 10.7. The van der Waals surface area contributed by atoms with Gasteiger partial charge in [0.15, 0.2) is 0 Å². The molecule has 0 heterocycles. The molecule has 3 heteroatoms. The molecule has 186 valence electrons. The maximum atomic E-state index is 10.7. The van der Waals surface area contributed by atoms with E-state index in [-0.39, 0.29) is 0 Å². The first-order valence-electron chi connectivity index (χ1n) is 13.4. The summed E-state index contributed by atoms with van der Waals surface area (Å²) in [5, 5.41) is 31.1. The van der Waals surface area contributed by atoms with Crippen molar-refractivity contribution in [3.05, 3.63) is 47.6 Å². The van der Waals surface area contributed by atoms with Crippen molar-refractivity contribution in [2.75, 3.05) is 0 Å². The summed E-state index contributed by atoms with van der Waals surface area (Å²) >= 11 is 0. The summed E-state index contributed by atoms with van der Waals surface area (Å²) in [5.41, 5.74) is 4.29. The van der Waals surface area contributed by atoms with E-state index >= 15 is 0 Å². The number of fused-ring (bicyclic) bond motifs is 1. The van der Waals surface area contributed by atoms with Gasteiger partial charge in [0.2, 0.25) is 0 Å². The van der Waals surface area contributed by atoms with Crippen LogP contribution in [0.1, 0.15) is 98.3 Å². The third-order valence-electron chi connectivity index (χ3n) is 9.81. The van der Waals surface area contributed by atoms with Crippen LogP contribution in [0.4, 0.5) is 0 Å². The molecule has 3 fully saturated rings. The minimum absolute atomic E-state index is 0.302. The van der Waals surface area contributed by atoms with Gasteiger partial charge in [0.25, 0.3) is 0 Å². The van der Waals surface area contributed by atoms with Crippen molar-refractivity contribution < 1.29 is 15.3 Å². The van der Waals surface area contributed by atoms with E-state index in [4.69, 9.17) is 0 Å². The van der Waals surface area contributed by atoms with Gasteiger partial charge in [0.1, 0.15) is 0 Å². The third-order valence-corrected chi connectivity index (χ3v) is 9.81. The Morgan fingerprint density at radius 3 is 2.39 bits per heavy atom. The highest BCUT2D eigenvalue weighted by Gasteiger charge is 2.51. The zero-order valence-corrected chi connectivity index (χ0v) is 21.6. The molecule has 0 amide bonds. The van der Waals surface area contributed by atoms with Crippen molar-refractivity contribution in [2.45, 2.75) is 116 Å². The van der Waals surface area contributed by atoms with Crippen LogP contribution >= 0.6 is 0 Å². The molecule has 3 rings (SSSR count). The highest BCUT2D eigenvalue weighted by molar-refractivity contribution is 5.30. The number of hydrogen-bond acceptors (Lipinski definition) is 3. The topological polar surface area (TPSA) is 60.7 Å². The Hall–Kier alpha value is -1.16. The van der Waals surface area contributed by atoms with Crippen LogP contribution in [0.15, 0.2) is 47.6 Å². The maximum Gasteiger partial charge on any atom is 0.0809 e. The second-order valence-corrected chi connectivity index (χ2v) is 11.6. The number of rotatable bonds is 8. The zero-order chi connectivity index (χ0) is 24.4. The Labute approximate surface area is 202 Å². The fourth-order valence-corrected chi connectivity index (χ4v) is 7.04. The summed E-state index contributed by atoms with van der Waals surface area (Å²) in [5.74, 6) is 1.73. The van der Waals surface area contributed by atoms with Gasteiger partial charge in [-0.3, -0.25) is 0 Å². The van der Waals surface area contributed by atoms with Crippen LogP contribution in [-0.2, 0) is 0 Å². The van der Waals surface area contributed by atoms with E-state index in [1.807, 2.05) is 0 Å². The molecule has 0 bridgehead atoms. The molecule has 3 saturated carbocycles. The predicted octanol–water partition coefficient (Wildman–Crippen LogP) is 6.65. The zero-order valence-electron chi connectivity index (χ0n) is 21.6. The van der Waals surface area contributed by atoms with E-state index in [1.165, 1.54) is 31.3 Å². The van der Waals surface area contributed by atoms with Crippen molar-refractivity contribution in [1.29, 1.82) is 0 Å². The van der Waals surface area contributed by atoms with Crippen LogP contribution in [-0.4, -0.2) is 33.1 Å². The van der Waals surface area contributed by atoms with Gasteiger partial charge < -0.3 is 15.3 Å². The summed E-state index contributed by atoms with van der Waals surface area (Å²) in [6.07, 6.45) is 13.9. The lowest BCUT2D eigenvalue weighted by molar-refractivity contribution is 0.0226. The number of allylic oxidation sites excluding steroid dienone is 4. The smallest absolute Gasteiger partial charge is 0.0809 e. The number of hydrogen-bond donors (Lipinski definition) is 3. The molecule has 0 aromatic heterocycles. The molecule has 3 aliphatic carbocycles. The third kappa shape index (κ3) is 5.57. The summed E-state index contributed by atoms with van der Waals surface area (Å²) in [7, 11) is 0. The van der Waals surface area contributed by atoms with Crippen LogP contribution < -0.4 is 0 Å². The second kappa shape index (κ2) is 10.6. The van der Waals surface area contributed by atoms with Crippen LogP contribution in [0.2, 0.25) is 0 Å². The Bertz CT molecular complexity index is 770. The van der Waals surface area contributed by atoms with Crippen molar-refractivity contribution in [2.24, 2.45) is 23.2 Å². The van der Waals surface area contributed by atoms with Gasteiger partial charge in [0, 0.05) is 0 Å². The van der Waals surface area contributed by atoms with Crippen LogP contribution in [0.25, 0.3) is 0 Å². The molecule has 3 N–H and O–H groups in total. The Balaban J connectivity index is 1.70. The van der Waals surface area contributed by atoms with Gasteiger partial charge >= 0.3 is 0 Å². The summed E-state index contributed by atoms with van der Waals surface area (Å²) in [4.78, 5) is 0. The number of aliphatic hydroxyl groups excluding tert-OH is 2. The summed E-state index contributed by atoms with van der Waals surface area (Å²) in [6, 6.07) is 0. The highest BCUT2D eigenvalue weighted by atomic mass is 16.3. The molecule has 33 heavy (non-hydrogen) atoms. The predicted molar refractivity (Wildman–Crippen MR) is 138 cm³/mol. The lowest BCUT2D eigenvalue weighted by atomic mass is 9.60. The minimum atomic E-state index is -0.629. The Morgan fingerprint density at radius 1 is 1.15 bits per heavy atom. The van der Waals surface area contributed by atoms with E-state index in [0.717, 1.165) is 37.7 Å². The van der Waals surface area contributed by atoms with E-state index in [0.29, 0.717) is 41.6 Å². The van der Waals surface area contributed by atoms with Gasteiger partial charge in [-0.1, -0.05) is 69.7 Å². The molecule has 0 radical (unpaired) electrons. The molecule has 0 aromatic carbocycles. The van der Waals surface area contributed by atoms with Crippen molar-refractivity contribution in [1.82, 2.24) is 0 Å². The lowest BCUT2D eigenvalue weighted by Crippen LogP contribution is -2.36. The first-order valence-corrected chi connectivity index (χ1v) is 13.4. The molecule has 0 saturated heterocycles. The molecule has 3 nitrogen and oxygen atoms in total. The molecule has 3 aliphatic rings. The first-order chi connectivity index (χ1) is 15.5. The van der Waals surface area contributed by atoms with Crippen molar-refractivity contribution in [3.8, 4) is 0 Å². The molecular formula is C30H48O3. The monoisotopic (exact) mass is 456 g/mol. The largest absolute Gasteiger partial charge is 0.390 e. The summed E-state index contributed by atoms with van der Waals surface area (Å²) in [6.45, 7) is 17.3. The molecule has 0 spiro atoms. The van der Waals surface area contributed by atoms with E-state index < -0.39 is 17.8 Å². The van der Waals surface area contributed by atoms with E-state index in [9.17, 15) is 15.3 Å². The molecular weight excluding hydrogens is 408 g/mol. The van der Waals surface area contributed by atoms with Gasteiger partial charge in [-0.25, -0.2) is 0 Å². The lowest BCUT2D eigenvalue weighted by Gasteiger charge is -2.45. The quantitative estimate of drug-likeness (QED) is 0.358. The Kier molecular flexibility index (Phi) is 8.51. The van der Waals surface area contributed by atoms with Gasteiger partial charge in [-0.15, -0.1) is 0 Å². The standard InChI is InChI=1S/C30H48O3/c1-7-30(33,8-2)17-15-20(3)21(4)25-13-14-26-24(10-9-16-29(25,26)6)12-11-23-18-27(31)22(5)28(32)19-23/h11-12,21,25-28,31-33H,3,5,7-10,13-19H2,1-2,4,6H3/b24-12+/t21-,25+,26-,27+,28+,29+/m0/s1. The molecule has 0 unspecified atom stereocenters. The minimum Gasteiger partial charge on any atom is -0.390 e. The second-order valence-electron chi connectivity index (χ2n) is 11.6. The van der Waals surface area contributed by atoms with Crippen molar-refractivity contribution in [3.63, 3.8) is 0 Å². The average Bonchev–Trinajstić information content (AvgIpc) is 3.16.